The van der Waals surface area contributed by atoms with Crippen LogP contribution in [0.5, 0.6) is 0 Å². The van der Waals surface area contributed by atoms with Gasteiger partial charge in [0.1, 0.15) is 17.0 Å². The van der Waals surface area contributed by atoms with Crippen molar-refractivity contribution in [3.05, 3.63) is 34.5 Å². The van der Waals surface area contributed by atoms with E-state index in [4.69, 9.17) is 10.3 Å². The lowest BCUT2D eigenvalue weighted by Crippen LogP contribution is -2.39. The number of likely N-dealkylation sites (tertiary alicyclic amines) is 1. The Kier molecular flexibility index (Phi) is 3.89. The van der Waals surface area contributed by atoms with Gasteiger partial charge in [0.15, 0.2) is 0 Å². The SMILES string of the molecule is Cc1noc(C)c1C(=O)N1CCC[C@H](c2cc(C(N)=O)n[nH]2)C1. The van der Waals surface area contributed by atoms with Gasteiger partial charge >= 0.3 is 0 Å². The van der Waals surface area contributed by atoms with Gasteiger partial charge in [0.25, 0.3) is 11.8 Å². The first-order valence-electron chi connectivity index (χ1n) is 7.54. The molecular weight excluding hydrogens is 298 g/mol. The lowest BCUT2D eigenvalue weighted by Gasteiger charge is -2.32. The normalized spacial score (nSPS) is 18.2. The predicted octanol–water partition coefficient (Wildman–Crippen LogP) is 1.13. The topological polar surface area (TPSA) is 118 Å². The average Bonchev–Trinajstić information content (AvgIpc) is 3.14. The van der Waals surface area contributed by atoms with Gasteiger partial charge < -0.3 is 15.2 Å². The van der Waals surface area contributed by atoms with Crippen LogP contribution in [0.4, 0.5) is 0 Å². The minimum Gasteiger partial charge on any atom is -0.364 e. The minimum absolute atomic E-state index is 0.0689. The smallest absolute Gasteiger partial charge is 0.269 e. The zero-order valence-corrected chi connectivity index (χ0v) is 13.1. The number of aryl methyl sites for hydroxylation is 2. The van der Waals surface area contributed by atoms with E-state index in [0.717, 1.165) is 18.5 Å². The lowest BCUT2D eigenvalue weighted by molar-refractivity contribution is 0.0703. The summed E-state index contributed by atoms with van der Waals surface area (Å²) in [6, 6.07) is 1.66. The van der Waals surface area contributed by atoms with Crippen molar-refractivity contribution < 1.29 is 14.1 Å². The Morgan fingerprint density at radius 3 is 2.83 bits per heavy atom. The number of nitrogens with one attached hydrogen (secondary N) is 1. The van der Waals surface area contributed by atoms with Crippen LogP contribution in [0.25, 0.3) is 0 Å². The largest absolute Gasteiger partial charge is 0.364 e. The molecule has 2 aromatic rings. The molecule has 122 valence electrons. The Balaban J connectivity index is 1.78. The third kappa shape index (κ3) is 2.84. The van der Waals surface area contributed by atoms with Gasteiger partial charge in [0, 0.05) is 24.7 Å². The first-order valence-corrected chi connectivity index (χ1v) is 7.54. The summed E-state index contributed by atoms with van der Waals surface area (Å²) in [6.45, 7) is 4.75. The second-order valence-corrected chi connectivity index (χ2v) is 5.86. The summed E-state index contributed by atoms with van der Waals surface area (Å²) in [5.74, 6) is 0.00787. The summed E-state index contributed by atoms with van der Waals surface area (Å²) in [4.78, 5) is 25.7. The van der Waals surface area contributed by atoms with Crippen molar-refractivity contribution in [1.82, 2.24) is 20.3 Å². The van der Waals surface area contributed by atoms with E-state index in [2.05, 4.69) is 15.4 Å². The van der Waals surface area contributed by atoms with E-state index in [0.29, 0.717) is 30.1 Å². The van der Waals surface area contributed by atoms with Crippen LogP contribution in [0.15, 0.2) is 10.6 Å². The Morgan fingerprint density at radius 2 is 2.22 bits per heavy atom. The van der Waals surface area contributed by atoms with Crippen molar-refractivity contribution in [2.45, 2.75) is 32.6 Å². The fourth-order valence-corrected chi connectivity index (χ4v) is 3.03. The molecule has 2 aromatic heterocycles. The highest BCUT2D eigenvalue weighted by Crippen LogP contribution is 2.27. The van der Waals surface area contributed by atoms with E-state index in [1.807, 2.05) is 0 Å². The Labute approximate surface area is 133 Å². The molecule has 0 aliphatic carbocycles. The van der Waals surface area contributed by atoms with Crippen molar-refractivity contribution >= 4 is 11.8 Å². The van der Waals surface area contributed by atoms with Gasteiger partial charge in [-0.3, -0.25) is 14.7 Å². The predicted molar refractivity (Wildman–Crippen MR) is 81.0 cm³/mol. The van der Waals surface area contributed by atoms with Crippen molar-refractivity contribution in [3.63, 3.8) is 0 Å². The summed E-state index contributed by atoms with van der Waals surface area (Å²) in [6.07, 6.45) is 1.80. The lowest BCUT2D eigenvalue weighted by atomic mass is 9.94. The van der Waals surface area contributed by atoms with Gasteiger partial charge in [-0.15, -0.1) is 0 Å². The zero-order valence-electron chi connectivity index (χ0n) is 13.1. The van der Waals surface area contributed by atoms with Gasteiger partial charge in [-0.2, -0.15) is 5.10 Å². The number of aromatic amines is 1. The number of carbonyl (C=O) groups excluding carboxylic acids is 2. The van der Waals surface area contributed by atoms with E-state index in [-0.39, 0.29) is 17.5 Å². The summed E-state index contributed by atoms with van der Waals surface area (Å²) in [7, 11) is 0. The van der Waals surface area contributed by atoms with Crippen molar-refractivity contribution in [1.29, 1.82) is 0 Å². The number of primary amides is 1. The number of nitrogens with zero attached hydrogens (tertiary/aromatic N) is 3. The highest BCUT2D eigenvalue weighted by molar-refractivity contribution is 5.96. The van der Waals surface area contributed by atoms with Crippen LogP contribution in [0.1, 0.15) is 56.8 Å². The molecule has 23 heavy (non-hydrogen) atoms. The monoisotopic (exact) mass is 317 g/mol. The van der Waals surface area contributed by atoms with Gasteiger partial charge in [-0.1, -0.05) is 5.16 Å². The molecule has 8 nitrogen and oxygen atoms in total. The third-order valence-electron chi connectivity index (χ3n) is 4.25. The molecule has 0 saturated carbocycles. The Hall–Kier alpha value is -2.64. The molecule has 1 fully saturated rings. The number of aromatic nitrogens is 3. The van der Waals surface area contributed by atoms with E-state index in [9.17, 15) is 9.59 Å². The molecule has 1 aliphatic heterocycles. The maximum atomic E-state index is 12.7. The van der Waals surface area contributed by atoms with E-state index in [1.54, 1.807) is 24.8 Å². The molecule has 3 heterocycles. The quantitative estimate of drug-likeness (QED) is 0.879. The average molecular weight is 317 g/mol. The molecule has 1 saturated heterocycles. The zero-order chi connectivity index (χ0) is 16.6. The maximum absolute atomic E-state index is 12.7. The molecule has 1 aliphatic rings. The highest BCUT2D eigenvalue weighted by Gasteiger charge is 2.29. The molecule has 8 heteroatoms. The number of piperidine rings is 1. The molecule has 3 rings (SSSR count). The van der Waals surface area contributed by atoms with Crippen LogP contribution < -0.4 is 5.73 Å². The molecule has 0 spiro atoms. The van der Waals surface area contributed by atoms with Gasteiger partial charge in [-0.05, 0) is 32.8 Å². The molecule has 1 atom stereocenters. The van der Waals surface area contributed by atoms with Crippen LogP contribution >= 0.6 is 0 Å². The van der Waals surface area contributed by atoms with E-state index in [1.165, 1.54) is 0 Å². The standard InChI is InChI=1S/C15H19N5O3/c1-8-13(9(2)23-19-8)15(22)20-5-3-4-10(7-20)11-6-12(14(16)21)18-17-11/h6,10H,3-5,7H2,1-2H3,(H2,16,21)(H,17,18)/t10-/m0/s1. The van der Waals surface area contributed by atoms with Gasteiger partial charge in [-0.25, -0.2) is 0 Å². The van der Waals surface area contributed by atoms with Crippen molar-refractivity contribution in [3.8, 4) is 0 Å². The Bertz CT molecular complexity index is 729. The Morgan fingerprint density at radius 1 is 1.43 bits per heavy atom. The van der Waals surface area contributed by atoms with Gasteiger partial charge in [0.2, 0.25) is 0 Å². The highest BCUT2D eigenvalue weighted by atomic mass is 16.5. The number of carbonyl (C=O) groups is 2. The molecule has 0 radical (unpaired) electrons. The molecule has 3 N–H and O–H groups in total. The summed E-state index contributed by atoms with van der Waals surface area (Å²) in [5, 5.41) is 10.6. The van der Waals surface area contributed by atoms with Crippen molar-refractivity contribution in [2.24, 2.45) is 5.73 Å². The molecule has 0 bridgehead atoms. The van der Waals surface area contributed by atoms with Crippen LogP contribution in [-0.4, -0.2) is 45.2 Å². The summed E-state index contributed by atoms with van der Waals surface area (Å²) >= 11 is 0. The van der Waals surface area contributed by atoms with Crippen LogP contribution in [0.2, 0.25) is 0 Å². The minimum atomic E-state index is -0.563. The van der Waals surface area contributed by atoms with E-state index < -0.39 is 5.91 Å². The number of hydrogen-bond acceptors (Lipinski definition) is 5. The van der Waals surface area contributed by atoms with Crippen LogP contribution in [0, 0.1) is 13.8 Å². The molecule has 0 unspecified atom stereocenters. The number of H-pyrrole nitrogens is 1. The first kappa shape index (κ1) is 15.3. The number of amides is 2. The van der Waals surface area contributed by atoms with Gasteiger partial charge in [0.05, 0.1) is 5.69 Å². The third-order valence-corrected chi connectivity index (χ3v) is 4.25. The number of hydrogen-bond donors (Lipinski definition) is 2. The fourth-order valence-electron chi connectivity index (χ4n) is 3.03. The second kappa shape index (κ2) is 5.86. The molecule has 0 aromatic carbocycles. The molecule has 2 amide bonds. The molecular formula is C15H19N5O3. The van der Waals surface area contributed by atoms with Crippen molar-refractivity contribution in [2.75, 3.05) is 13.1 Å². The summed E-state index contributed by atoms with van der Waals surface area (Å²) in [5.41, 5.74) is 7.41. The summed E-state index contributed by atoms with van der Waals surface area (Å²) < 4.78 is 5.08. The maximum Gasteiger partial charge on any atom is 0.269 e. The van der Waals surface area contributed by atoms with Crippen LogP contribution in [-0.2, 0) is 0 Å². The second-order valence-electron chi connectivity index (χ2n) is 5.86. The number of rotatable bonds is 3. The fraction of sp³-hybridized carbons (Fsp3) is 0.467. The van der Waals surface area contributed by atoms with Crippen LogP contribution in [0.3, 0.4) is 0 Å². The first-order chi connectivity index (χ1) is 11.0. The number of nitrogens with two attached hydrogens (primary N) is 1. The van der Waals surface area contributed by atoms with E-state index >= 15 is 0 Å².